The normalized spacial score (nSPS) is 9.00. The lowest BCUT2D eigenvalue weighted by Crippen LogP contribution is -1.93. The summed E-state index contributed by atoms with van der Waals surface area (Å²) in [6.45, 7) is 0. The zero-order valence-electron chi connectivity index (χ0n) is 4.50. The van der Waals surface area contributed by atoms with Crippen LogP contribution < -0.4 is 0 Å². The number of nitrogens with zero attached hydrogens (tertiary/aromatic N) is 2. The van der Waals surface area contributed by atoms with Gasteiger partial charge in [-0.05, 0) is 12.1 Å². The summed E-state index contributed by atoms with van der Waals surface area (Å²) in [6, 6.07) is 3.31. The molecule has 0 aliphatic carbocycles. The highest BCUT2D eigenvalue weighted by Crippen LogP contribution is 1.94. The van der Waals surface area contributed by atoms with Gasteiger partial charge in [-0.25, -0.2) is 0 Å². The molecule has 0 spiro atoms. The van der Waals surface area contributed by atoms with Crippen LogP contribution in [0.3, 0.4) is 0 Å². The van der Waals surface area contributed by atoms with E-state index in [0.717, 1.165) is 0 Å². The standard InChI is InChI=1S/C5H4ClN3/c6-5(7)4-2-1-3-8-9-4/h1-3,7H. The van der Waals surface area contributed by atoms with Crippen LogP contribution >= 0.6 is 11.6 Å². The van der Waals surface area contributed by atoms with Gasteiger partial charge in [-0.3, -0.25) is 5.41 Å². The van der Waals surface area contributed by atoms with E-state index in [2.05, 4.69) is 10.2 Å². The Kier molecular flexibility index (Phi) is 1.75. The molecule has 0 saturated carbocycles. The van der Waals surface area contributed by atoms with Crippen molar-refractivity contribution in [2.24, 2.45) is 0 Å². The van der Waals surface area contributed by atoms with Gasteiger partial charge in [0.2, 0.25) is 0 Å². The first-order valence-corrected chi connectivity index (χ1v) is 2.70. The van der Waals surface area contributed by atoms with Gasteiger partial charge in [0, 0.05) is 6.20 Å². The second-order valence-corrected chi connectivity index (χ2v) is 1.80. The molecule has 1 aromatic heterocycles. The van der Waals surface area contributed by atoms with Crippen LogP contribution in [-0.2, 0) is 0 Å². The zero-order chi connectivity index (χ0) is 6.69. The molecular weight excluding hydrogens is 138 g/mol. The van der Waals surface area contributed by atoms with E-state index in [-0.39, 0.29) is 5.17 Å². The highest BCUT2D eigenvalue weighted by Gasteiger charge is 1.94. The summed E-state index contributed by atoms with van der Waals surface area (Å²) < 4.78 is 0. The van der Waals surface area contributed by atoms with Crippen LogP contribution in [0.15, 0.2) is 18.3 Å². The van der Waals surface area contributed by atoms with E-state index in [4.69, 9.17) is 17.0 Å². The van der Waals surface area contributed by atoms with Crippen molar-refractivity contribution in [2.45, 2.75) is 0 Å². The van der Waals surface area contributed by atoms with Crippen molar-refractivity contribution < 1.29 is 0 Å². The molecule has 0 fully saturated rings. The van der Waals surface area contributed by atoms with Gasteiger partial charge in [0.25, 0.3) is 0 Å². The number of nitrogens with one attached hydrogen (secondary N) is 1. The summed E-state index contributed by atoms with van der Waals surface area (Å²) in [4.78, 5) is 0. The van der Waals surface area contributed by atoms with E-state index < -0.39 is 0 Å². The molecule has 46 valence electrons. The second-order valence-electron chi connectivity index (χ2n) is 1.42. The molecule has 4 heteroatoms. The molecule has 0 saturated heterocycles. The SMILES string of the molecule is N=C(Cl)c1cccnn1. The minimum atomic E-state index is -0.0805. The fourth-order valence-corrected chi connectivity index (χ4v) is 0.519. The average Bonchev–Trinajstić information content (AvgIpc) is 1.90. The highest BCUT2D eigenvalue weighted by molar-refractivity contribution is 6.68. The molecule has 0 radical (unpaired) electrons. The van der Waals surface area contributed by atoms with E-state index in [1.807, 2.05) is 0 Å². The third-order valence-electron chi connectivity index (χ3n) is 0.797. The van der Waals surface area contributed by atoms with Crippen LogP contribution in [0.2, 0.25) is 0 Å². The topological polar surface area (TPSA) is 49.6 Å². The lowest BCUT2D eigenvalue weighted by molar-refractivity contribution is 1.02. The van der Waals surface area contributed by atoms with Crippen molar-refractivity contribution in [3.8, 4) is 0 Å². The second kappa shape index (κ2) is 2.55. The maximum atomic E-state index is 6.90. The van der Waals surface area contributed by atoms with Gasteiger partial charge in [-0.15, -0.1) is 5.10 Å². The molecule has 0 aliphatic rings. The molecule has 0 atom stereocenters. The maximum absolute atomic E-state index is 6.90. The van der Waals surface area contributed by atoms with Crippen LogP contribution in [-0.4, -0.2) is 15.4 Å². The Morgan fingerprint density at radius 1 is 1.67 bits per heavy atom. The maximum Gasteiger partial charge on any atom is 0.148 e. The zero-order valence-corrected chi connectivity index (χ0v) is 5.26. The summed E-state index contributed by atoms with van der Waals surface area (Å²) in [5.41, 5.74) is 0.402. The lowest BCUT2D eigenvalue weighted by Gasteiger charge is -1.88. The first-order chi connectivity index (χ1) is 4.30. The van der Waals surface area contributed by atoms with Gasteiger partial charge in [0.05, 0.1) is 0 Å². The molecule has 0 aromatic carbocycles. The Balaban J connectivity index is 2.98. The lowest BCUT2D eigenvalue weighted by atomic mass is 10.4. The number of aromatic nitrogens is 2. The Morgan fingerprint density at radius 2 is 2.44 bits per heavy atom. The molecule has 0 aliphatic heterocycles. The van der Waals surface area contributed by atoms with Crippen molar-refractivity contribution in [3.05, 3.63) is 24.0 Å². The molecule has 1 aromatic rings. The Morgan fingerprint density at radius 3 is 2.78 bits per heavy atom. The Labute approximate surface area is 57.2 Å². The molecule has 9 heavy (non-hydrogen) atoms. The third kappa shape index (κ3) is 1.47. The van der Waals surface area contributed by atoms with Crippen LogP contribution in [0.25, 0.3) is 0 Å². The number of rotatable bonds is 1. The summed E-state index contributed by atoms with van der Waals surface area (Å²) in [6.07, 6.45) is 1.53. The Hall–Kier alpha value is -0.960. The van der Waals surface area contributed by atoms with E-state index >= 15 is 0 Å². The van der Waals surface area contributed by atoms with Gasteiger partial charge < -0.3 is 0 Å². The van der Waals surface area contributed by atoms with Crippen molar-refractivity contribution in [2.75, 3.05) is 0 Å². The van der Waals surface area contributed by atoms with Gasteiger partial charge in [0.1, 0.15) is 10.9 Å². The molecule has 1 heterocycles. The average molecular weight is 142 g/mol. The molecule has 0 bridgehead atoms. The predicted octanol–water partition coefficient (Wildman–Crippen LogP) is 1.04. The van der Waals surface area contributed by atoms with Crippen LogP contribution in [0.5, 0.6) is 0 Å². The first kappa shape index (κ1) is 6.16. The van der Waals surface area contributed by atoms with Crippen LogP contribution in [0.1, 0.15) is 5.69 Å². The fourth-order valence-electron chi connectivity index (χ4n) is 0.419. The Bertz CT molecular complexity index is 209. The molecular formula is C5H4ClN3. The fraction of sp³-hybridized carbons (Fsp3) is 0. The van der Waals surface area contributed by atoms with Gasteiger partial charge in [0.15, 0.2) is 0 Å². The minimum absolute atomic E-state index is 0.0805. The van der Waals surface area contributed by atoms with Crippen molar-refractivity contribution in [1.82, 2.24) is 10.2 Å². The quantitative estimate of drug-likeness (QED) is 0.594. The van der Waals surface area contributed by atoms with Crippen LogP contribution in [0.4, 0.5) is 0 Å². The minimum Gasteiger partial charge on any atom is -0.287 e. The molecule has 0 amide bonds. The molecule has 0 unspecified atom stereocenters. The van der Waals surface area contributed by atoms with E-state index in [1.165, 1.54) is 6.20 Å². The summed E-state index contributed by atoms with van der Waals surface area (Å²) in [5, 5.41) is 13.9. The smallest absolute Gasteiger partial charge is 0.148 e. The number of halogens is 1. The van der Waals surface area contributed by atoms with Gasteiger partial charge in [-0.1, -0.05) is 11.6 Å². The predicted molar refractivity (Wildman–Crippen MR) is 34.7 cm³/mol. The monoisotopic (exact) mass is 141 g/mol. The third-order valence-corrected chi connectivity index (χ3v) is 0.991. The van der Waals surface area contributed by atoms with Crippen molar-refractivity contribution in [1.29, 1.82) is 5.41 Å². The van der Waals surface area contributed by atoms with E-state index in [9.17, 15) is 0 Å². The molecule has 1 rings (SSSR count). The first-order valence-electron chi connectivity index (χ1n) is 2.33. The largest absolute Gasteiger partial charge is 0.287 e. The van der Waals surface area contributed by atoms with Gasteiger partial charge >= 0.3 is 0 Å². The van der Waals surface area contributed by atoms with E-state index in [1.54, 1.807) is 12.1 Å². The molecule has 1 N–H and O–H groups in total. The van der Waals surface area contributed by atoms with Gasteiger partial charge in [-0.2, -0.15) is 5.10 Å². The highest BCUT2D eigenvalue weighted by atomic mass is 35.5. The molecule has 3 nitrogen and oxygen atoms in total. The number of hydrogen-bond acceptors (Lipinski definition) is 3. The summed E-state index contributed by atoms with van der Waals surface area (Å²) >= 11 is 5.28. The summed E-state index contributed by atoms with van der Waals surface area (Å²) in [5.74, 6) is 0. The van der Waals surface area contributed by atoms with Crippen molar-refractivity contribution in [3.63, 3.8) is 0 Å². The van der Waals surface area contributed by atoms with Crippen molar-refractivity contribution >= 4 is 16.8 Å². The summed E-state index contributed by atoms with van der Waals surface area (Å²) in [7, 11) is 0. The van der Waals surface area contributed by atoms with E-state index in [0.29, 0.717) is 5.69 Å². The van der Waals surface area contributed by atoms with Crippen LogP contribution in [0, 0.1) is 5.41 Å². The number of hydrogen-bond donors (Lipinski definition) is 1.